The molecule has 2 aromatic heterocycles. The minimum atomic E-state index is -0.256. The quantitative estimate of drug-likeness (QED) is 0.728. The monoisotopic (exact) mass is 309 g/mol. The third kappa shape index (κ3) is 2.32. The van der Waals surface area contributed by atoms with Crippen molar-refractivity contribution in [3.05, 3.63) is 41.1 Å². The Labute approximate surface area is 134 Å². The third-order valence-corrected chi connectivity index (χ3v) is 4.30. The van der Waals surface area contributed by atoms with Gasteiger partial charge in [-0.1, -0.05) is 13.8 Å². The minimum Gasteiger partial charge on any atom is -0.462 e. The van der Waals surface area contributed by atoms with Gasteiger partial charge < -0.3 is 9.72 Å². The van der Waals surface area contributed by atoms with Crippen molar-refractivity contribution in [3.8, 4) is 11.4 Å². The number of rotatable bonds is 3. The fourth-order valence-corrected chi connectivity index (χ4v) is 3.15. The van der Waals surface area contributed by atoms with E-state index >= 15 is 0 Å². The van der Waals surface area contributed by atoms with Crippen LogP contribution in [0, 0.1) is 5.92 Å². The van der Waals surface area contributed by atoms with Crippen LogP contribution in [0.2, 0.25) is 0 Å². The van der Waals surface area contributed by atoms with E-state index in [1.165, 1.54) is 11.1 Å². The Hall–Kier alpha value is -2.56. The first-order valence-electron chi connectivity index (χ1n) is 7.98. The number of carbonyl (C=O) groups is 1. The van der Waals surface area contributed by atoms with Gasteiger partial charge in [0.05, 0.1) is 29.8 Å². The molecule has 118 valence electrons. The lowest BCUT2D eigenvalue weighted by atomic mass is 9.94. The molecule has 0 saturated carbocycles. The van der Waals surface area contributed by atoms with Gasteiger partial charge in [-0.3, -0.25) is 5.10 Å². The molecular weight excluding hydrogens is 290 g/mol. The van der Waals surface area contributed by atoms with Crippen molar-refractivity contribution in [2.75, 3.05) is 6.61 Å². The fraction of sp³-hybridized carbons (Fsp3) is 0.333. The second kappa shape index (κ2) is 5.26. The van der Waals surface area contributed by atoms with Gasteiger partial charge >= 0.3 is 5.97 Å². The van der Waals surface area contributed by atoms with E-state index < -0.39 is 0 Å². The van der Waals surface area contributed by atoms with Crippen LogP contribution < -0.4 is 0 Å². The summed E-state index contributed by atoms with van der Waals surface area (Å²) in [7, 11) is 0. The highest BCUT2D eigenvalue weighted by molar-refractivity contribution is 5.98. The van der Waals surface area contributed by atoms with Crippen LogP contribution in [0.3, 0.4) is 0 Å². The van der Waals surface area contributed by atoms with Crippen LogP contribution in [0.1, 0.15) is 35.3 Å². The zero-order chi connectivity index (χ0) is 16.0. The molecule has 3 aromatic rings. The highest BCUT2D eigenvalue weighted by Crippen LogP contribution is 2.36. The molecule has 0 amide bonds. The zero-order valence-electron chi connectivity index (χ0n) is 13.3. The van der Waals surface area contributed by atoms with Crippen LogP contribution in [0.15, 0.2) is 24.4 Å². The van der Waals surface area contributed by atoms with E-state index in [1.807, 2.05) is 38.2 Å². The fourth-order valence-electron chi connectivity index (χ4n) is 3.15. The molecule has 23 heavy (non-hydrogen) atoms. The molecular formula is C18H19N3O2. The van der Waals surface area contributed by atoms with Gasteiger partial charge in [0.25, 0.3) is 0 Å². The summed E-state index contributed by atoms with van der Waals surface area (Å²) in [6, 6.07) is 5.71. The van der Waals surface area contributed by atoms with E-state index in [9.17, 15) is 4.79 Å². The van der Waals surface area contributed by atoms with Crippen molar-refractivity contribution < 1.29 is 9.53 Å². The van der Waals surface area contributed by atoms with Crippen molar-refractivity contribution in [2.24, 2.45) is 5.92 Å². The standard InChI is InChI=1S/C18H19N3O2/c1-10(2)9-23-18(22)11-4-6-15-14(7-11)13-5-3-12-8-19-21-16(12)17(13)20-15/h4,6-8,10,20H,3,5,9H2,1-2H3,(H,19,21). The molecule has 0 spiro atoms. The number of hydrogen-bond acceptors (Lipinski definition) is 3. The first kappa shape index (κ1) is 14.1. The van der Waals surface area contributed by atoms with Gasteiger partial charge in [0.2, 0.25) is 0 Å². The van der Waals surface area contributed by atoms with Gasteiger partial charge in [0.1, 0.15) is 0 Å². The highest BCUT2D eigenvalue weighted by atomic mass is 16.5. The smallest absolute Gasteiger partial charge is 0.338 e. The van der Waals surface area contributed by atoms with Crippen molar-refractivity contribution in [1.82, 2.24) is 15.2 Å². The van der Waals surface area contributed by atoms with Gasteiger partial charge in [-0.25, -0.2) is 4.79 Å². The van der Waals surface area contributed by atoms with Crippen molar-refractivity contribution in [1.29, 1.82) is 0 Å². The average molecular weight is 309 g/mol. The molecule has 4 rings (SSSR count). The summed E-state index contributed by atoms with van der Waals surface area (Å²) in [5.74, 6) is 0.0788. The molecule has 1 aliphatic carbocycles. The zero-order valence-corrected chi connectivity index (χ0v) is 13.3. The van der Waals surface area contributed by atoms with Gasteiger partial charge in [0.15, 0.2) is 0 Å². The summed E-state index contributed by atoms with van der Waals surface area (Å²) >= 11 is 0. The highest BCUT2D eigenvalue weighted by Gasteiger charge is 2.22. The molecule has 5 nitrogen and oxygen atoms in total. The third-order valence-electron chi connectivity index (χ3n) is 4.30. The molecule has 0 unspecified atom stereocenters. The number of aryl methyl sites for hydroxylation is 2. The molecule has 0 radical (unpaired) electrons. The van der Waals surface area contributed by atoms with Crippen LogP contribution in [0.25, 0.3) is 22.3 Å². The van der Waals surface area contributed by atoms with Crippen molar-refractivity contribution >= 4 is 16.9 Å². The second-order valence-corrected chi connectivity index (χ2v) is 6.50. The molecule has 0 atom stereocenters. The topological polar surface area (TPSA) is 70.8 Å². The maximum absolute atomic E-state index is 12.2. The van der Waals surface area contributed by atoms with Gasteiger partial charge in [-0.05, 0) is 48.1 Å². The summed E-state index contributed by atoms with van der Waals surface area (Å²) in [6.07, 6.45) is 3.80. The molecule has 2 heterocycles. The van der Waals surface area contributed by atoms with E-state index in [4.69, 9.17) is 4.74 Å². The maximum Gasteiger partial charge on any atom is 0.338 e. The number of aromatic nitrogens is 3. The van der Waals surface area contributed by atoms with Crippen molar-refractivity contribution in [2.45, 2.75) is 26.7 Å². The number of aromatic amines is 2. The van der Waals surface area contributed by atoms with Gasteiger partial charge in [-0.2, -0.15) is 5.10 Å². The van der Waals surface area contributed by atoms with Crippen LogP contribution in [0.5, 0.6) is 0 Å². The van der Waals surface area contributed by atoms with Gasteiger partial charge in [0, 0.05) is 10.9 Å². The number of hydrogen-bond donors (Lipinski definition) is 2. The lowest BCUT2D eigenvalue weighted by Crippen LogP contribution is -2.10. The molecule has 0 saturated heterocycles. The predicted molar refractivity (Wildman–Crippen MR) is 88.4 cm³/mol. The number of nitrogens with one attached hydrogen (secondary N) is 2. The Balaban J connectivity index is 1.74. The molecule has 5 heteroatoms. The largest absolute Gasteiger partial charge is 0.462 e. The molecule has 1 aliphatic rings. The molecule has 2 N–H and O–H groups in total. The Bertz CT molecular complexity index is 889. The molecule has 1 aromatic carbocycles. The number of ether oxygens (including phenoxy) is 1. The Morgan fingerprint density at radius 1 is 1.30 bits per heavy atom. The Kier molecular flexibility index (Phi) is 3.22. The Morgan fingerprint density at radius 3 is 3.00 bits per heavy atom. The van der Waals surface area contributed by atoms with Crippen LogP contribution in [-0.4, -0.2) is 27.8 Å². The van der Waals surface area contributed by atoms with Crippen LogP contribution in [0.4, 0.5) is 0 Å². The maximum atomic E-state index is 12.2. The summed E-state index contributed by atoms with van der Waals surface area (Å²) in [4.78, 5) is 15.6. The SMILES string of the molecule is CC(C)COC(=O)c1ccc2[nH]c3c(c2c1)CCc1cn[nH]c1-3. The molecule has 0 bridgehead atoms. The van der Waals surface area contributed by atoms with E-state index in [-0.39, 0.29) is 5.97 Å². The lowest BCUT2D eigenvalue weighted by Gasteiger charge is -2.11. The number of H-pyrrole nitrogens is 2. The van der Waals surface area contributed by atoms with Gasteiger partial charge in [-0.15, -0.1) is 0 Å². The van der Waals surface area contributed by atoms with E-state index in [1.54, 1.807) is 0 Å². The van der Waals surface area contributed by atoms with E-state index in [0.29, 0.717) is 18.1 Å². The minimum absolute atomic E-state index is 0.256. The predicted octanol–water partition coefficient (Wildman–Crippen LogP) is 3.47. The normalized spacial score (nSPS) is 13.2. The number of carbonyl (C=O) groups excluding carboxylic acids is 1. The van der Waals surface area contributed by atoms with E-state index in [2.05, 4.69) is 15.2 Å². The molecule has 0 aliphatic heterocycles. The average Bonchev–Trinajstić information content (AvgIpc) is 3.15. The second-order valence-electron chi connectivity index (χ2n) is 6.50. The number of benzene rings is 1. The number of esters is 1. The molecule has 0 fully saturated rings. The number of fused-ring (bicyclic) bond motifs is 5. The Morgan fingerprint density at radius 2 is 2.17 bits per heavy atom. The van der Waals surface area contributed by atoms with Crippen LogP contribution in [-0.2, 0) is 17.6 Å². The summed E-state index contributed by atoms with van der Waals surface area (Å²) < 4.78 is 5.34. The first-order valence-corrected chi connectivity index (χ1v) is 7.98. The summed E-state index contributed by atoms with van der Waals surface area (Å²) in [5, 5.41) is 8.31. The first-order chi connectivity index (χ1) is 11.1. The van der Waals surface area contributed by atoms with Crippen molar-refractivity contribution in [3.63, 3.8) is 0 Å². The van der Waals surface area contributed by atoms with Crippen LogP contribution >= 0.6 is 0 Å². The van der Waals surface area contributed by atoms with E-state index in [0.717, 1.165) is 35.1 Å². The number of nitrogens with zero attached hydrogens (tertiary/aromatic N) is 1. The lowest BCUT2D eigenvalue weighted by molar-refractivity contribution is 0.0459. The summed E-state index contributed by atoms with van der Waals surface area (Å²) in [5.41, 5.74) is 6.28. The summed E-state index contributed by atoms with van der Waals surface area (Å²) in [6.45, 7) is 4.50.